The highest BCUT2D eigenvalue weighted by atomic mass is 32.2. The summed E-state index contributed by atoms with van der Waals surface area (Å²) in [6.45, 7) is 1.96. The van der Waals surface area contributed by atoms with Gasteiger partial charge < -0.3 is 10.6 Å². The molecule has 100 valence electrons. The molecule has 0 atom stereocenters. The second-order valence-electron chi connectivity index (χ2n) is 4.40. The topological polar surface area (TPSA) is 80.5 Å². The second-order valence-corrected chi connectivity index (χ2v) is 6.66. The highest BCUT2D eigenvalue weighted by Crippen LogP contribution is 2.17. The van der Waals surface area contributed by atoms with Crippen LogP contribution in [0.25, 0.3) is 0 Å². The normalized spacial score (nSPS) is 11.3. The Kier molecular flexibility index (Phi) is 4.34. The van der Waals surface area contributed by atoms with E-state index in [9.17, 15) is 13.2 Å². The first-order valence-electron chi connectivity index (χ1n) is 5.50. The number of rotatable bonds is 4. The highest BCUT2D eigenvalue weighted by Gasteiger charge is 2.17. The van der Waals surface area contributed by atoms with Crippen LogP contribution in [-0.2, 0) is 9.84 Å². The van der Waals surface area contributed by atoms with Gasteiger partial charge in [-0.15, -0.1) is 0 Å². The molecule has 1 amide bonds. The van der Waals surface area contributed by atoms with Gasteiger partial charge in [-0.2, -0.15) is 0 Å². The van der Waals surface area contributed by atoms with E-state index in [-0.39, 0.29) is 18.2 Å². The van der Waals surface area contributed by atoms with Gasteiger partial charge in [-0.1, -0.05) is 12.1 Å². The van der Waals surface area contributed by atoms with Crippen LogP contribution in [0.15, 0.2) is 18.2 Å². The van der Waals surface area contributed by atoms with Crippen LogP contribution in [0.1, 0.15) is 15.9 Å². The molecule has 0 fully saturated rings. The Labute approximate surface area is 108 Å². The average molecular weight is 270 g/mol. The summed E-state index contributed by atoms with van der Waals surface area (Å²) >= 11 is 0. The first-order chi connectivity index (χ1) is 8.22. The van der Waals surface area contributed by atoms with E-state index in [0.29, 0.717) is 11.3 Å². The lowest BCUT2D eigenvalue weighted by Crippen LogP contribution is -2.32. The number of nitrogen functional groups attached to an aromatic ring is 1. The molecule has 18 heavy (non-hydrogen) atoms. The molecule has 2 N–H and O–H groups in total. The number of amides is 1. The minimum atomic E-state index is -3.08. The van der Waals surface area contributed by atoms with Gasteiger partial charge in [0.1, 0.15) is 9.84 Å². The summed E-state index contributed by atoms with van der Waals surface area (Å²) in [6.07, 6.45) is 1.15. The number of carbonyl (C=O) groups excluding carboxylic acids is 1. The van der Waals surface area contributed by atoms with Crippen LogP contribution in [0.2, 0.25) is 0 Å². The van der Waals surface area contributed by atoms with Crippen LogP contribution in [-0.4, -0.2) is 44.8 Å². The maximum absolute atomic E-state index is 12.2. The van der Waals surface area contributed by atoms with Crippen molar-refractivity contribution in [2.24, 2.45) is 0 Å². The average Bonchev–Trinajstić information content (AvgIpc) is 2.24. The number of nitrogens with two attached hydrogens (primary N) is 1. The van der Waals surface area contributed by atoms with Crippen molar-refractivity contribution in [3.05, 3.63) is 29.3 Å². The quantitative estimate of drug-likeness (QED) is 0.816. The van der Waals surface area contributed by atoms with E-state index in [1.165, 1.54) is 4.90 Å². The monoisotopic (exact) mass is 270 g/mol. The molecule has 1 rings (SSSR count). The molecule has 0 aliphatic rings. The number of aryl methyl sites for hydroxylation is 1. The molecule has 0 aliphatic heterocycles. The maximum atomic E-state index is 12.2. The van der Waals surface area contributed by atoms with E-state index in [4.69, 9.17) is 5.73 Å². The zero-order chi connectivity index (χ0) is 13.9. The number of nitrogens with zero attached hydrogens (tertiary/aromatic N) is 1. The van der Waals surface area contributed by atoms with Gasteiger partial charge in [0.05, 0.1) is 11.3 Å². The van der Waals surface area contributed by atoms with Crippen molar-refractivity contribution in [1.29, 1.82) is 0 Å². The molecule has 0 aromatic heterocycles. The summed E-state index contributed by atoms with van der Waals surface area (Å²) in [5, 5.41) is 0. The molecule has 0 saturated carbocycles. The van der Waals surface area contributed by atoms with E-state index in [1.54, 1.807) is 32.2 Å². The predicted molar refractivity (Wildman–Crippen MR) is 72.3 cm³/mol. The lowest BCUT2D eigenvalue weighted by Gasteiger charge is -2.19. The Bertz CT molecular complexity index is 532. The van der Waals surface area contributed by atoms with Crippen molar-refractivity contribution in [3.8, 4) is 0 Å². The third-order valence-electron chi connectivity index (χ3n) is 2.66. The van der Waals surface area contributed by atoms with Crippen LogP contribution in [0.5, 0.6) is 0 Å². The fourth-order valence-corrected chi connectivity index (χ4v) is 2.18. The van der Waals surface area contributed by atoms with Crippen molar-refractivity contribution in [2.75, 3.05) is 31.3 Å². The molecule has 0 unspecified atom stereocenters. The summed E-state index contributed by atoms with van der Waals surface area (Å²) in [5.74, 6) is -0.310. The molecule has 0 heterocycles. The maximum Gasteiger partial charge on any atom is 0.255 e. The zero-order valence-electron chi connectivity index (χ0n) is 10.8. The zero-order valence-corrected chi connectivity index (χ0v) is 11.6. The molecular weight excluding hydrogens is 252 g/mol. The van der Waals surface area contributed by atoms with Gasteiger partial charge in [-0.25, -0.2) is 8.42 Å². The number of carbonyl (C=O) groups is 1. The Morgan fingerprint density at radius 2 is 2.00 bits per heavy atom. The van der Waals surface area contributed by atoms with E-state index < -0.39 is 9.84 Å². The van der Waals surface area contributed by atoms with E-state index in [0.717, 1.165) is 11.8 Å². The van der Waals surface area contributed by atoms with Crippen LogP contribution in [0, 0.1) is 6.92 Å². The summed E-state index contributed by atoms with van der Waals surface area (Å²) in [7, 11) is -1.51. The van der Waals surface area contributed by atoms with Gasteiger partial charge in [0.2, 0.25) is 0 Å². The Morgan fingerprint density at radius 3 is 2.50 bits per heavy atom. The Morgan fingerprint density at radius 1 is 1.39 bits per heavy atom. The molecule has 0 aliphatic carbocycles. The molecule has 6 heteroatoms. The van der Waals surface area contributed by atoms with Gasteiger partial charge in [-0.3, -0.25) is 4.79 Å². The van der Waals surface area contributed by atoms with Crippen LogP contribution < -0.4 is 5.73 Å². The van der Waals surface area contributed by atoms with Gasteiger partial charge in [-0.05, 0) is 18.6 Å². The van der Waals surface area contributed by atoms with Gasteiger partial charge in [0, 0.05) is 25.5 Å². The van der Waals surface area contributed by atoms with E-state index in [1.807, 2.05) is 0 Å². The summed E-state index contributed by atoms with van der Waals surface area (Å²) in [4.78, 5) is 13.5. The van der Waals surface area contributed by atoms with Crippen molar-refractivity contribution in [1.82, 2.24) is 4.90 Å². The van der Waals surface area contributed by atoms with Crippen molar-refractivity contribution >= 4 is 21.4 Å². The molecule has 0 radical (unpaired) electrons. The summed E-state index contributed by atoms with van der Waals surface area (Å²) in [5.41, 5.74) is 7.41. The Hall–Kier alpha value is -1.56. The van der Waals surface area contributed by atoms with Gasteiger partial charge in [0.25, 0.3) is 5.91 Å². The number of benzene rings is 1. The predicted octanol–water partition coefficient (Wildman–Crippen LogP) is 0.694. The van der Waals surface area contributed by atoms with Crippen molar-refractivity contribution in [3.63, 3.8) is 0 Å². The molecule has 1 aromatic rings. The third-order valence-corrected chi connectivity index (χ3v) is 3.59. The van der Waals surface area contributed by atoms with E-state index >= 15 is 0 Å². The van der Waals surface area contributed by atoms with Gasteiger partial charge in [0.15, 0.2) is 0 Å². The van der Waals surface area contributed by atoms with Crippen molar-refractivity contribution in [2.45, 2.75) is 6.92 Å². The fraction of sp³-hybridized carbons (Fsp3) is 0.417. The summed E-state index contributed by atoms with van der Waals surface area (Å²) in [6, 6.07) is 5.23. The van der Waals surface area contributed by atoms with Crippen LogP contribution in [0.3, 0.4) is 0 Å². The lowest BCUT2D eigenvalue weighted by molar-refractivity contribution is 0.0804. The van der Waals surface area contributed by atoms with Gasteiger partial charge >= 0.3 is 0 Å². The SMILES string of the molecule is Cc1cccc(N)c1C(=O)N(C)CCS(C)(=O)=O. The second kappa shape index (κ2) is 5.39. The third kappa shape index (κ3) is 3.73. The standard InChI is InChI=1S/C12H18N2O3S/c1-9-5-4-6-10(13)11(9)12(15)14(2)7-8-18(3,16)17/h4-6H,7-8,13H2,1-3H3. The summed E-state index contributed by atoms with van der Waals surface area (Å²) < 4.78 is 22.1. The highest BCUT2D eigenvalue weighted by molar-refractivity contribution is 7.90. The molecule has 0 spiro atoms. The molecular formula is C12H18N2O3S. The number of anilines is 1. The van der Waals surface area contributed by atoms with Crippen molar-refractivity contribution < 1.29 is 13.2 Å². The van der Waals surface area contributed by atoms with Crippen LogP contribution in [0.4, 0.5) is 5.69 Å². The fourth-order valence-electron chi connectivity index (χ4n) is 1.58. The largest absolute Gasteiger partial charge is 0.398 e. The minimum Gasteiger partial charge on any atom is -0.398 e. The van der Waals surface area contributed by atoms with E-state index in [2.05, 4.69) is 0 Å². The lowest BCUT2D eigenvalue weighted by atomic mass is 10.1. The molecule has 1 aromatic carbocycles. The smallest absolute Gasteiger partial charge is 0.255 e. The number of sulfone groups is 1. The molecule has 0 bridgehead atoms. The minimum absolute atomic E-state index is 0.0545. The first kappa shape index (κ1) is 14.5. The molecule has 5 nitrogen and oxygen atoms in total. The van der Waals surface area contributed by atoms with Crippen LogP contribution >= 0.6 is 0 Å². The molecule has 0 saturated heterocycles. The Balaban J connectivity index is 2.87. The number of hydrogen-bond acceptors (Lipinski definition) is 4. The number of hydrogen-bond donors (Lipinski definition) is 1. The first-order valence-corrected chi connectivity index (χ1v) is 7.56.